The molecule has 0 saturated carbocycles. The van der Waals surface area contributed by atoms with Crippen LogP contribution in [0.1, 0.15) is 30.8 Å². The van der Waals surface area contributed by atoms with Crippen LogP contribution in [-0.2, 0) is 20.9 Å². The zero-order chi connectivity index (χ0) is 17.2. The van der Waals surface area contributed by atoms with Crippen LogP contribution in [0.5, 0.6) is 0 Å². The summed E-state index contributed by atoms with van der Waals surface area (Å²) in [6.45, 7) is 7.75. The van der Waals surface area contributed by atoms with Crippen molar-refractivity contribution in [2.24, 2.45) is 17.8 Å². The van der Waals surface area contributed by atoms with Gasteiger partial charge in [0.25, 0.3) is 0 Å². The van der Waals surface area contributed by atoms with E-state index in [0.29, 0.717) is 37.4 Å². The number of hydroxylamine groups is 2. The van der Waals surface area contributed by atoms with E-state index in [1.54, 1.807) is 5.06 Å². The van der Waals surface area contributed by atoms with E-state index >= 15 is 0 Å². The van der Waals surface area contributed by atoms with E-state index in [9.17, 15) is 4.79 Å². The minimum absolute atomic E-state index is 0.119. The zero-order valence-corrected chi connectivity index (χ0v) is 15.0. The number of aryl methyl sites for hydroxylation is 1. The van der Waals surface area contributed by atoms with Crippen molar-refractivity contribution in [3.63, 3.8) is 0 Å². The Hall–Kier alpha value is -1.37. The molecule has 3 atom stereocenters. The fourth-order valence-corrected chi connectivity index (χ4v) is 4.44. The molecule has 1 aromatic rings. The molecule has 0 aliphatic carbocycles. The molecule has 0 spiro atoms. The van der Waals surface area contributed by atoms with Crippen LogP contribution in [0.2, 0.25) is 0 Å². The molecular weight excluding hydrogens is 320 g/mol. The zero-order valence-electron chi connectivity index (χ0n) is 15.0. The summed E-state index contributed by atoms with van der Waals surface area (Å²) in [7, 11) is 0. The predicted octanol–water partition coefficient (Wildman–Crippen LogP) is 2.23. The van der Waals surface area contributed by atoms with E-state index in [1.165, 1.54) is 0 Å². The number of carbonyl (C=O) groups excluding carboxylic acids is 1. The summed E-state index contributed by atoms with van der Waals surface area (Å²) in [4.78, 5) is 20.5. The van der Waals surface area contributed by atoms with Gasteiger partial charge in [-0.3, -0.25) is 14.5 Å². The molecule has 6 heteroatoms. The van der Waals surface area contributed by atoms with Gasteiger partial charge >= 0.3 is 0 Å². The number of rotatable bonds is 4. The Morgan fingerprint density at radius 2 is 2.16 bits per heavy atom. The maximum atomic E-state index is 12.5. The molecule has 3 fully saturated rings. The molecule has 0 bridgehead atoms. The first kappa shape index (κ1) is 17.1. The average molecular weight is 348 g/mol. The molecule has 25 heavy (non-hydrogen) atoms. The second-order valence-electron chi connectivity index (χ2n) is 7.67. The number of likely N-dealkylation sites (tertiary alicyclic amines) is 1. The van der Waals surface area contributed by atoms with E-state index in [1.807, 2.05) is 13.0 Å². The van der Waals surface area contributed by atoms with Crippen molar-refractivity contribution in [2.45, 2.75) is 32.7 Å². The third-order valence-electron chi connectivity index (χ3n) is 5.73. The third-order valence-corrected chi connectivity index (χ3v) is 5.73. The number of hydrogen-bond donors (Lipinski definition) is 0. The summed E-state index contributed by atoms with van der Waals surface area (Å²) in [5, 5.41) is 1.57. The van der Waals surface area contributed by atoms with Gasteiger partial charge in [0.2, 0.25) is 5.91 Å². The molecule has 4 heterocycles. The third kappa shape index (κ3) is 3.91. The molecule has 3 aliphatic heterocycles. The summed E-state index contributed by atoms with van der Waals surface area (Å²) in [5.41, 5.74) is 0. The number of hydrogen-bond acceptors (Lipinski definition) is 5. The maximum Gasteiger partial charge on any atom is 0.246 e. The fourth-order valence-electron chi connectivity index (χ4n) is 4.44. The van der Waals surface area contributed by atoms with Crippen molar-refractivity contribution in [2.75, 3.05) is 39.5 Å². The molecule has 4 rings (SSSR count). The molecule has 1 aromatic heterocycles. The highest BCUT2D eigenvalue weighted by Crippen LogP contribution is 2.36. The summed E-state index contributed by atoms with van der Waals surface area (Å²) in [5.74, 6) is 3.43. The molecule has 0 unspecified atom stereocenters. The maximum absolute atomic E-state index is 12.5. The quantitative estimate of drug-likeness (QED) is 0.835. The van der Waals surface area contributed by atoms with Crippen molar-refractivity contribution < 1.29 is 18.8 Å². The Labute approximate surface area is 149 Å². The highest BCUT2D eigenvalue weighted by Gasteiger charge is 2.42. The Kier molecular flexibility index (Phi) is 5.10. The van der Waals surface area contributed by atoms with Crippen LogP contribution in [0.3, 0.4) is 0 Å². The molecule has 3 saturated heterocycles. The molecule has 1 amide bonds. The minimum atomic E-state index is 0.119. The van der Waals surface area contributed by atoms with Crippen LogP contribution >= 0.6 is 0 Å². The highest BCUT2D eigenvalue weighted by molar-refractivity contribution is 5.75. The summed E-state index contributed by atoms with van der Waals surface area (Å²) in [6.07, 6.45) is 2.62. The second kappa shape index (κ2) is 7.48. The van der Waals surface area contributed by atoms with Gasteiger partial charge in [-0.1, -0.05) is 0 Å². The highest BCUT2D eigenvalue weighted by atomic mass is 16.7. The molecule has 138 valence electrons. The van der Waals surface area contributed by atoms with Crippen LogP contribution in [0.25, 0.3) is 0 Å². The molecule has 0 N–H and O–H groups in total. The lowest BCUT2D eigenvalue weighted by Gasteiger charge is -2.34. The molecule has 0 radical (unpaired) electrons. The predicted molar refractivity (Wildman–Crippen MR) is 91.5 cm³/mol. The van der Waals surface area contributed by atoms with E-state index in [2.05, 4.69) is 11.0 Å². The van der Waals surface area contributed by atoms with Gasteiger partial charge in [-0.2, -0.15) is 0 Å². The minimum Gasteiger partial charge on any atom is -0.465 e. The van der Waals surface area contributed by atoms with Crippen LogP contribution in [0.15, 0.2) is 16.5 Å². The largest absolute Gasteiger partial charge is 0.465 e. The molecule has 0 aromatic carbocycles. The summed E-state index contributed by atoms with van der Waals surface area (Å²) < 4.78 is 11.5. The number of carbonyl (C=O) groups is 1. The van der Waals surface area contributed by atoms with Gasteiger partial charge in [0.05, 0.1) is 26.4 Å². The Morgan fingerprint density at radius 3 is 2.92 bits per heavy atom. The van der Waals surface area contributed by atoms with Gasteiger partial charge in [0.15, 0.2) is 0 Å². The van der Waals surface area contributed by atoms with Crippen molar-refractivity contribution in [1.29, 1.82) is 0 Å². The Morgan fingerprint density at radius 1 is 1.24 bits per heavy atom. The first-order valence-corrected chi connectivity index (χ1v) is 9.48. The molecule has 3 aliphatic rings. The fraction of sp³-hybridized carbons (Fsp3) is 0.737. The molecule has 6 nitrogen and oxygen atoms in total. The summed E-state index contributed by atoms with van der Waals surface area (Å²) in [6, 6.07) is 4.07. The Bertz CT molecular complexity index is 596. The van der Waals surface area contributed by atoms with Crippen molar-refractivity contribution >= 4 is 5.91 Å². The van der Waals surface area contributed by atoms with Gasteiger partial charge < -0.3 is 9.15 Å². The van der Waals surface area contributed by atoms with Crippen molar-refractivity contribution in [1.82, 2.24) is 9.96 Å². The lowest BCUT2D eigenvalue weighted by atomic mass is 9.81. The molecular formula is C19H28N2O4. The second-order valence-corrected chi connectivity index (χ2v) is 7.67. The van der Waals surface area contributed by atoms with Crippen molar-refractivity contribution in [3.8, 4) is 0 Å². The van der Waals surface area contributed by atoms with Gasteiger partial charge in [0.1, 0.15) is 11.5 Å². The summed E-state index contributed by atoms with van der Waals surface area (Å²) >= 11 is 0. The number of ether oxygens (including phenoxy) is 1. The number of fused-ring (bicyclic) bond motifs is 1. The van der Waals surface area contributed by atoms with E-state index in [-0.39, 0.29) is 5.91 Å². The van der Waals surface area contributed by atoms with E-state index < -0.39 is 0 Å². The van der Waals surface area contributed by atoms with Gasteiger partial charge in [-0.25, -0.2) is 5.06 Å². The van der Waals surface area contributed by atoms with E-state index in [4.69, 9.17) is 14.0 Å². The Balaban J connectivity index is 1.35. The first-order chi connectivity index (χ1) is 12.2. The lowest BCUT2D eigenvalue weighted by Crippen LogP contribution is -2.41. The van der Waals surface area contributed by atoms with Crippen LogP contribution in [-0.4, -0.2) is 55.3 Å². The van der Waals surface area contributed by atoms with Crippen LogP contribution in [0, 0.1) is 24.7 Å². The first-order valence-electron chi connectivity index (χ1n) is 9.48. The van der Waals surface area contributed by atoms with Gasteiger partial charge in [-0.15, -0.1) is 0 Å². The number of furan rings is 1. The van der Waals surface area contributed by atoms with Gasteiger partial charge in [-0.05, 0) is 49.7 Å². The van der Waals surface area contributed by atoms with Crippen molar-refractivity contribution in [3.05, 3.63) is 23.7 Å². The van der Waals surface area contributed by atoms with Gasteiger partial charge in [0, 0.05) is 26.1 Å². The SMILES string of the molecule is Cc1ccc(CN2C[C@@H]3COC[C@@H](CC(=O)N4CCCCO4)[C@@H]3C2)o1. The smallest absolute Gasteiger partial charge is 0.246 e. The normalized spacial score (nSPS) is 30.4. The average Bonchev–Trinajstić information content (AvgIpc) is 3.22. The standard InChI is InChI=1S/C19H28N2O4/c1-14-4-5-17(25-14)10-20-9-16-13-23-12-15(18(16)11-20)8-19(22)21-6-2-3-7-24-21/h4-5,15-16,18H,2-3,6-13H2,1H3/t15-,16-,18+/m1/s1. The number of nitrogens with zero attached hydrogens (tertiary/aromatic N) is 2. The van der Waals surface area contributed by atoms with Crippen LogP contribution in [0.4, 0.5) is 0 Å². The topological polar surface area (TPSA) is 55.2 Å². The van der Waals surface area contributed by atoms with Crippen LogP contribution < -0.4 is 0 Å². The van der Waals surface area contributed by atoms with E-state index in [0.717, 1.165) is 57.1 Å². The monoisotopic (exact) mass is 348 g/mol. The lowest BCUT2D eigenvalue weighted by molar-refractivity contribution is -0.199. The number of amides is 1.